The maximum atomic E-state index is 13.4. The highest BCUT2D eigenvalue weighted by Crippen LogP contribution is 2.45. The summed E-state index contributed by atoms with van der Waals surface area (Å²) in [4.78, 5) is 28.0. The van der Waals surface area contributed by atoms with E-state index in [1.165, 1.54) is 26.2 Å². The SMILES string of the molecule is COc1ccc(C2/C(=C(\O)c3c(OC)cccc3OC)C(=O)C(=O)N2c2ccc(C#N)cc2)cc1. The van der Waals surface area contributed by atoms with E-state index in [0.29, 0.717) is 22.6 Å². The Bertz CT molecular complexity index is 1330. The van der Waals surface area contributed by atoms with Crippen molar-refractivity contribution in [2.75, 3.05) is 26.2 Å². The lowest BCUT2D eigenvalue weighted by Crippen LogP contribution is -2.29. The van der Waals surface area contributed by atoms with Crippen molar-refractivity contribution in [3.05, 3.63) is 89.0 Å². The number of hydrogen-bond donors (Lipinski definition) is 1. The van der Waals surface area contributed by atoms with Gasteiger partial charge < -0.3 is 19.3 Å². The van der Waals surface area contributed by atoms with Gasteiger partial charge in [0.1, 0.15) is 28.6 Å². The molecule has 4 rings (SSSR count). The summed E-state index contributed by atoms with van der Waals surface area (Å²) in [6.07, 6.45) is 0. The van der Waals surface area contributed by atoms with Gasteiger partial charge in [-0.25, -0.2) is 0 Å². The molecule has 3 aromatic rings. The summed E-state index contributed by atoms with van der Waals surface area (Å²) in [7, 11) is 4.40. The molecule has 0 bridgehead atoms. The molecule has 1 unspecified atom stereocenters. The molecule has 1 aliphatic rings. The van der Waals surface area contributed by atoms with Gasteiger partial charge in [0.2, 0.25) is 0 Å². The van der Waals surface area contributed by atoms with Crippen molar-refractivity contribution in [2.45, 2.75) is 6.04 Å². The monoisotopic (exact) mass is 470 g/mol. The average molecular weight is 470 g/mol. The van der Waals surface area contributed by atoms with Crippen molar-refractivity contribution in [1.29, 1.82) is 5.26 Å². The molecule has 0 aromatic heterocycles. The molecule has 1 aliphatic heterocycles. The molecular formula is C27H22N2O6. The molecule has 1 N–H and O–H groups in total. The summed E-state index contributed by atoms with van der Waals surface area (Å²) in [5.41, 5.74) is 1.42. The zero-order valence-corrected chi connectivity index (χ0v) is 19.3. The van der Waals surface area contributed by atoms with Crippen LogP contribution in [0.25, 0.3) is 5.76 Å². The van der Waals surface area contributed by atoms with Crippen molar-refractivity contribution >= 4 is 23.1 Å². The number of amides is 1. The van der Waals surface area contributed by atoms with Crippen LogP contribution >= 0.6 is 0 Å². The van der Waals surface area contributed by atoms with Crippen LogP contribution in [-0.4, -0.2) is 38.1 Å². The number of rotatable bonds is 6. The summed E-state index contributed by atoms with van der Waals surface area (Å²) < 4.78 is 16.1. The van der Waals surface area contributed by atoms with Crippen LogP contribution in [0.5, 0.6) is 17.2 Å². The van der Waals surface area contributed by atoms with E-state index >= 15 is 0 Å². The molecule has 35 heavy (non-hydrogen) atoms. The molecule has 176 valence electrons. The summed E-state index contributed by atoms with van der Waals surface area (Å²) in [5.74, 6) is -0.948. The third-order valence-electron chi connectivity index (χ3n) is 5.82. The first-order valence-electron chi connectivity index (χ1n) is 10.6. The fourth-order valence-corrected chi connectivity index (χ4v) is 4.12. The Morgan fingerprint density at radius 3 is 2.00 bits per heavy atom. The maximum absolute atomic E-state index is 13.4. The van der Waals surface area contributed by atoms with E-state index in [9.17, 15) is 14.7 Å². The normalized spacial score (nSPS) is 16.6. The minimum absolute atomic E-state index is 0.118. The number of nitrogens with zero attached hydrogens (tertiary/aromatic N) is 2. The van der Waals surface area contributed by atoms with Crippen molar-refractivity contribution < 1.29 is 28.9 Å². The fourth-order valence-electron chi connectivity index (χ4n) is 4.12. The van der Waals surface area contributed by atoms with Gasteiger partial charge in [-0.1, -0.05) is 18.2 Å². The van der Waals surface area contributed by atoms with Gasteiger partial charge in [0, 0.05) is 5.69 Å². The number of aliphatic hydroxyl groups is 1. The lowest BCUT2D eigenvalue weighted by Gasteiger charge is -2.26. The maximum Gasteiger partial charge on any atom is 0.300 e. The second-order valence-electron chi connectivity index (χ2n) is 7.64. The fraction of sp³-hybridized carbons (Fsp3) is 0.148. The number of ether oxygens (including phenoxy) is 3. The molecule has 8 heteroatoms. The Hall–Kier alpha value is -4.77. The highest BCUT2D eigenvalue weighted by atomic mass is 16.5. The highest BCUT2D eigenvalue weighted by molar-refractivity contribution is 6.51. The number of aliphatic hydroxyl groups excluding tert-OH is 1. The van der Waals surface area contributed by atoms with Gasteiger partial charge in [0.15, 0.2) is 0 Å². The Balaban J connectivity index is 1.99. The van der Waals surface area contributed by atoms with Crippen LogP contribution in [0.4, 0.5) is 5.69 Å². The van der Waals surface area contributed by atoms with Gasteiger partial charge in [0.05, 0.1) is 44.6 Å². The molecule has 0 spiro atoms. The molecule has 1 fully saturated rings. The van der Waals surface area contributed by atoms with Crippen LogP contribution in [0.15, 0.2) is 72.3 Å². The molecule has 8 nitrogen and oxygen atoms in total. The van der Waals surface area contributed by atoms with Crippen LogP contribution < -0.4 is 19.1 Å². The number of benzene rings is 3. The summed E-state index contributed by atoms with van der Waals surface area (Å²) in [6, 6.07) is 19.2. The van der Waals surface area contributed by atoms with E-state index in [-0.39, 0.29) is 22.6 Å². The molecule has 1 amide bonds. The topological polar surface area (TPSA) is 109 Å². The number of Topliss-reactive ketones (excluding diaryl/α,β-unsaturated/α-hetero) is 1. The lowest BCUT2D eigenvalue weighted by molar-refractivity contribution is -0.132. The second-order valence-corrected chi connectivity index (χ2v) is 7.64. The Morgan fingerprint density at radius 1 is 0.886 bits per heavy atom. The van der Waals surface area contributed by atoms with E-state index < -0.39 is 23.5 Å². The Morgan fingerprint density at radius 2 is 1.49 bits per heavy atom. The summed E-state index contributed by atoms with van der Waals surface area (Å²) in [5, 5.41) is 20.6. The predicted molar refractivity (Wildman–Crippen MR) is 128 cm³/mol. The van der Waals surface area contributed by atoms with E-state index in [0.717, 1.165) is 0 Å². The van der Waals surface area contributed by atoms with E-state index in [1.807, 2.05) is 6.07 Å². The minimum atomic E-state index is -0.955. The van der Waals surface area contributed by atoms with Gasteiger partial charge in [-0.3, -0.25) is 14.5 Å². The summed E-state index contributed by atoms with van der Waals surface area (Å²) in [6.45, 7) is 0. The summed E-state index contributed by atoms with van der Waals surface area (Å²) >= 11 is 0. The van der Waals surface area contributed by atoms with Gasteiger partial charge in [-0.05, 0) is 54.1 Å². The van der Waals surface area contributed by atoms with Crippen molar-refractivity contribution in [3.63, 3.8) is 0 Å². The first kappa shape index (κ1) is 23.4. The number of nitriles is 1. The van der Waals surface area contributed by atoms with Crippen LogP contribution in [0, 0.1) is 11.3 Å². The van der Waals surface area contributed by atoms with Gasteiger partial charge >= 0.3 is 0 Å². The van der Waals surface area contributed by atoms with Crippen molar-refractivity contribution in [2.24, 2.45) is 0 Å². The zero-order chi connectivity index (χ0) is 25.1. The standard InChI is InChI=1S/C27H22N2O6/c1-33-19-13-9-17(10-14-19)24-23(25(30)22-20(34-2)5-4-6-21(22)35-3)26(31)27(32)29(24)18-11-7-16(15-28)8-12-18/h4-14,24,30H,1-3H3/b25-23+. The molecule has 1 atom stereocenters. The van der Waals surface area contributed by atoms with Crippen LogP contribution in [0.1, 0.15) is 22.7 Å². The number of anilines is 1. The first-order valence-corrected chi connectivity index (χ1v) is 10.6. The number of hydrogen-bond acceptors (Lipinski definition) is 7. The number of carbonyl (C=O) groups is 2. The smallest absolute Gasteiger partial charge is 0.300 e. The number of ketones is 1. The molecule has 3 aromatic carbocycles. The quantitative estimate of drug-likeness (QED) is 0.326. The third kappa shape index (κ3) is 4.04. The van der Waals surface area contributed by atoms with E-state index in [1.54, 1.807) is 66.7 Å². The Labute approximate surface area is 202 Å². The number of methoxy groups -OCH3 is 3. The van der Waals surface area contributed by atoms with Crippen LogP contribution in [-0.2, 0) is 9.59 Å². The minimum Gasteiger partial charge on any atom is -0.506 e. The van der Waals surface area contributed by atoms with Crippen LogP contribution in [0.3, 0.4) is 0 Å². The average Bonchev–Trinajstić information content (AvgIpc) is 3.17. The Kier molecular flexibility index (Phi) is 6.42. The molecule has 0 radical (unpaired) electrons. The zero-order valence-electron chi connectivity index (χ0n) is 19.3. The van der Waals surface area contributed by atoms with Gasteiger partial charge in [0.25, 0.3) is 11.7 Å². The number of carbonyl (C=O) groups excluding carboxylic acids is 2. The van der Waals surface area contributed by atoms with Crippen LogP contribution in [0.2, 0.25) is 0 Å². The molecule has 0 aliphatic carbocycles. The van der Waals surface area contributed by atoms with E-state index in [4.69, 9.17) is 19.5 Å². The highest BCUT2D eigenvalue weighted by Gasteiger charge is 2.47. The van der Waals surface area contributed by atoms with E-state index in [2.05, 4.69) is 0 Å². The molecule has 1 heterocycles. The predicted octanol–water partition coefficient (Wildman–Crippen LogP) is 4.21. The largest absolute Gasteiger partial charge is 0.506 e. The molecule has 0 saturated carbocycles. The van der Waals surface area contributed by atoms with Crippen molar-refractivity contribution in [1.82, 2.24) is 0 Å². The first-order chi connectivity index (χ1) is 16.9. The third-order valence-corrected chi connectivity index (χ3v) is 5.82. The van der Waals surface area contributed by atoms with Gasteiger partial charge in [-0.2, -0.15) is 5.26 Å². The molecule has 1 saturated heterocycles. The molecular weight excluding hydrogens is 448 g/mol. The van der Waals surface area contributed by atoms with Crippen molar-refractivity contribution in [3.8, 4) is 23.3 Å². The van der Waals surface area contributed by atoms with Gasteiger partial charge in [-0.15, -0.1) is 0 Å². The lowest BCUT2D eigenvalue weighted by atomic mass is 9.94. The second kappa shape index (κ2) is 9.61.